The van der Waals surface area contributed by atoms with Crippen LogP contribution in [0.15, 0.2) is 0 Å². The highest BCUT2D eigenvalue weighted by Gasteiger charge is 2.34. The summed E-state index contributed by atoms with van der Waals surface area (Å²) in [4.78, 5) is 23.1. The average Bonchev–Trinajstić information content (AvgIpc) is 2.30. The van der Waals surface area contributed by atoms with Crippen LogP contribution in [0.4, 0.5) is 0 Å². The second kappa shape index (κ2) is 3.13. The molecule has 1 rings (SSSR count). The molecule has 4 heteroatoms. The molecule has 1 saturated heterocycles. The second-order valence-corrected chi connectivity index (χ2v) is 3.29. The monoisotopic (exact) mass is 171 g/mol. The van der Waals surface area contributed by atoms with Crippen LogP contribution in [0.2, 0.25) is 0 Å². The number of carboxylic acids is 1. The van der Waals surface area contributed by atoms with Gasteiger partial charge in [0.1, 0.15) is 0 Å². The smallest absolute Gasteiger partial charge is 0.308 e. The molecule has 1 fully saturated rings. The predicted molar refractivity (Wildman–Crippen MR) is 42.6 cm³/mol. The van der Waals surface area contributed by atoms with Gasteiger partial charge in [-0.15, -0.1) is 0 Å². The minimum atomic E-state index is -0.800. The Morgan fingerprint density at radius 2 is 2.08 bits per heavy atom. The number of carbonyl (C=O) groups is 2. The Balaban J connectivity index is 2.62. The maximum atomic E-state index is 11.0. The van der Waals surface area contributed by atoms with E-state index in [9.17, 15) is 9.59 Å². The standard InChI is InChI=1S/C8H13NO3/c1-5-3-7(8(11)12)4-9(5)6(2)10/h5,7H,3-4H2,1-2H3,(H,11,12)/t5-,7+/m1/s1. The minimum Gasteiger partial charge on any atom is -0.481 e. The number of amides is 1. The van der Waals surface area contributed by atoms with Gasteiger partial charge in [0.2, 0.25) is 5.91 Å². The summed E-state index contributed by atoms with van der Waals surface area (Å²) in [5.41, 5.74) is 0. The molecule has 1 N–H and O–H groups in total. The van der Waals surface area contributed by atoms with Crippen molar-refractivity contribution in [2.75, 3.05) is 6.54 Å². The number of carboxylic acid groups (broad SMARTS) is 1. The van der Waals surface area contributed by atoms with Crippen LogP contribution < -0.4 is 0 Å². The van der Waals surface area contributed by atoms with Crippen molar-refractivity contribution in [2.24, 2.45) is 5.92 Å². The van der Waals surface area contributed by atoms with Gasteiger partial charge in [-0.1, -0.05) is 0 Å². The first-order valence-electron chi connectivity index (χ1n) is 4.02. The Kier molecular flexibility index (Phi) is 2.35. The van der Waals surface area contributed by atoms with Crippen LogP contribution in [-0.2, 0) is 9.59 Å². The third-order valence-corrected chi connectivity index (χ3v) is 2.33. The summed E-state index contributed by atoms with van der Waals surface area (Å²) in [6, 6.07) is 0.0728. The molecule has 0 radical (unpaired) electrons. The number of hydrogen-bond donors (Lipinski definition) is 1. The van der Waals surface area contributed by atoms with Gasteiger partial charge in [0.05, 0.1) is 5.92 Å². The third kappa shape index (κ3) is 1.57. The van der Waals surface area contributed by atoms with E-state index in [1.807, 2.05) is 6.92 Å². The molecule has 0 spiro atoms. The molecule has 12 heavy (non-hydrogen) atoms. The van der Waals surface area contributed by atoms with Gasteiger partial charge in [-0.3, -0.25) is 9.59 Å². The van der Waals surface area contributed by atoms with Crippen LogP contribution in [0.25, 0.3) is 0 Å². The molecule has 0 saturated carbocycles. The van der Waals surface area contributed by atoms with E-state index in [1.165, 1.54) is 6.92 Å². The molecule has 0 aliphatic carbocycles. The summed E-state index contributed by atoms with van der Waals surface area (Å²) in [7, 11) is 0. The zero-order valence-electron chi connectivity index (χ0n) is 7.28. The van der Waals surface area contributed by atoms with Crippen LogP contribution in [0, 0.1) is 5.92 Å². The van der Waals surface area contributed by atoms with Crippen molar-refractivity contribution >= 4 is 11.9 Å². The quantitative estimate of drug-likeness (QED) is 0.618. The predicted octanol–water partition coefficient (Wildman–Crippen LogP) is 0.328. The molecule has 2 atom stereocenters. The van der Waals surface area contributed by atoms with Crippen molar-refractivity contribution in [3.05, 3.63) is 0 Å². The lowest BCUT2D eigenvalue weighted by Gasteiger charge is -2.18. The minimum absolute atomic E-state index is 0.0359. The fourth-order valence-electron chi connectivity index (χ4n) is 1.65. The number of nitrogens with zero attached hydrogens (tertiary/aromatic N) is 1. The molecular weight excluding hydrogens is 158 g/mol. The summed E-state index contributed by atoms with van der Waals surface area (Å²) in [5, 5.41) is 8.69. The van der Waals surface area contributed by atoms with Crippen molar-refractivity contribution in [3.63, 3.8) is 0 Å². The van der Waals surface area contributed by atoms with Crippen molar-refractivity contribution < 1.29 is 14.7 Å². The van der Waals surface area contributed by atoms with Gasteiger partial charge in [0.25, 0.3) is 0 Å². The molecule has 1 aliphatic rings. The van der Waals surface area contributed by atoms with E-state index in [0.717, 1.165) is 0 Å². The molecule has 1 aliphatic heterocycles. The fourth-order valence-corrected chi connectivity index (χ4v) is 1.65. The van der Waals surface area contributed by atoms with Crippen molar-refractivity contribution in [1.29, 1.82) is 0 Å². The van der Waals surface area contributed by atoms with Gasteiger partial charge >= 0.3 is 5.97 Å². The summed E-state index contributed by atoms with van der Waals surface area (Å²) >= 11 is 0. The van der Waals surface area contributed by atoms with Crippen LogP contribution in [-0.4, -0.2) is 34.5 Å². The topological polar surface area (TPSA) is 57.6 Å². The van der Waals surface area contributed by atoms with E-state index in [2.05, 4.69) is 0 Å². The van der Waals surface area contributed by atoms with Crippen LogP contribution >= 0.6 is 0 Å². The van der Waals surface area contributed by atoms with E-state index in [1.54, 1.807) is 4.90 Å². The zero-order chi connectivity index (χ0) is 9.30. The largest absolute Gasteiger partial charge is 0.481 e. The highest BCUT2D eigenvalue weighted by molar-refractivity contribution is 5.77. The van der Waals surface area contributed by atoms with Crippen molar-refractivity contribution in [1.82, 2.24) is 4.90 Å². The Hall–Kier alpha value is -1.06. The van der Waals surface area contributed by atoms with E-state index >= 15 is 0 Å². The maximum absolute atomic E-state index is 11.0. The molecule has 0 unspecified atom stereocenters. The van der Waals surface area contributed by atoms with E-state index < -0.39 is 5.97 Å². The lowest BCUT2D eigenvalue weighted by atomic mass is 10.1. The van der Waals surface area contributed by atoms with E-state index in [4.69, 9.17) is 5.11 Å². The lowest BCUT2D eigenvalue weighted by molar-refractivity contribution is -0.141. The molecule has 1 amide bonds. The fraction of sp³-hybridized carbons (Fsp3) is 0.750. The number of carbonyl (C=O) groups excluding carboxylic acids is 1. The van der Waals surface area contributed by atoms with E-state index in [0.29, 0.717) is 13.0 Å². The molecule has 1 heterocycles. The van der Waals surface area contributed by atoms with Crippen LogP contribution in [0.3, 0.4) is 0 Å². The summed E-state index contributed by atoms with van der Waals surface area (Å²) in [6.07, 6.45) is 0.578. The molecule has 0 aromatic rings. The molecule has 68 valence electrons. The molecule has 0 bridgehead atoms. The van der Waals surface area contributed by atoms with Gasteiger partial charge in [0.15, 0.2) is 0 Å². The number of hydrogen-bond acceptors (Lipinski definition) is 2. The van der Waals surface area contributed by atoms with Crippen LogP contribution in [0.5, 0.6) is 0 Å². The average molecular weight is 171 g/mol. The SMILES string of the molecule is CC(=O)N1C[C@@H](C(=O)O)C[C@H]1C. The first kappa shape index (κ1) is 9.03. The summed E-state index contributed by atoms with van der Waals surface area (Å²) in [6.45, 7) is 3.72. The Bertz CT molecular complexity index is 214. The summed E-state index contributed by atoms with van der Waals surface area (Å²) < 4.78 is 0. The highest BCUT2D eigenvalue weighted by atomic mass is 16.4. The van der Waals surface area contributed by atoms with E-state index in [-0.39, 0.29) is 17.9 Å². The molecular formula is C8H13NO3. The first-order valence-corrected chi connectivity index (χ1v) is 4.02. The number of rotatable bonds is 1. The second-order valence-electron chi connectivity index (χ2n) is 3.29. The highest BCUT2D eigenvalue weighted by Crippen LogP contribution is 2.22. The van der Waals surface area contributed by atoms with Gasteiger partial charge in [-0.2, -0.15) is 0 Å². The maximum Gasteiger partial charge on any atom is 0.308 e. The Morgan fingerprint density at radius 3 is 2.33 bits per heavy atom. The molecule has 0 aromatic carbocycles. The Labute approximate surface area is 71.2 Å². The third-order valence-electron chi connectivity index (χ3n) is 2.33. The first-order chi connectivity index (χ1) is 5.52. The normalized spacial score (nSPS) is 29.0. The molecule has 0 aromatic heterocycles. The van der Waals surface area contributed by atoms with Crippen molar-refractivity contribution in [2.45, 2.75) is 26.3 Å². The zero-order valence-corrected chi connectivity index (χ0v) is 7.28. The number of likely N-dealkylation sites (tertiary alicyclic amines) is 1. The summed E-state index contributed by atoms with van der Waals surface area (Å²) in [5.74, 6) is -1.21. The van der Waals surface area contributed by atoms with Gasteiger partial charge < -0.3 is 10.0 Å². The van der Waals surface area contributed by atoms with Gasteiger partial charge in [-0.25, -0.2) is 0 Å². The Morgan fingerprint density at radius 1 is 1.50 bits per heavy atom. The lowest BCUT2D eigenvalue weighted by Crippen LogP contribution is -2.32. The molecule has 4 nitrogen and oxygen atoms in total. The number of aliphatic carboxylic acids is 1. The van der Waals surface area contributed by atoms with Crippen molar-refractivity contribution in [3.8, 4) is 0 Å². The van der Waals surface area contributed by atoms with Gasteiger partial charge in [-0.05, 0) is 13.3 Å². The van der Waals surface area contributed by atoms with Crippen LogP contribution in [0.1, 0.15) is 20.3 Å². The van der Waals surface area contributed by atoms with Gasteiger partial charge in [0, 0.05) is 19.5 Å².